The van der Waals surface area contributed by atoms with Gasteiger partial charge in [0, 0.05) is 32.3 Å². The van der Waals surface area contributed by atoms with Crippen LogP contribution in [0, 0.1) is 5.92 Å². The lowest BCUT2D eigenvalue weighted by Gasteiger charge is -2.20. The van der Waals surface area contributed by atoms with Crippen molar-refractivity contribution in [2.75, 3.05) is 20.2 Å². The van der Waals surface area contributed by atoms with Crippen LogP contribution in [0.5, 0.6) is 5.75 Å². The predicted octanol–water partition coefficient (Wildman–Crippen LogP) is 3.51. The summed E-state index contributed by atoms with van der Waals surface area (Å²) in [5.74, 6) is 1.68. The summed E-state index contributed by atoms with van der Waals surface area (Å²) in [6.07, 6.45) is 8.43. The van der Waals surface area contributed by atoms with E-state index in [1.807, 2.05) is 26.1 Å². The van der Waals surface area contributed by atoms with Crippen molar-refractivity contribution in [3.63, 3.8) is 0 Å². The summed E-state index contributed by atoms with van der Waals surface area (Å²) in [4.78, 5) is 31.1. The molecule has 2 aliphatic rings. The molecular formula is C22H33N3O3. The van der Waals surface area contributed by atoms with Gasteiger partial charge in [-0.1, -0.05) is 6.92 Å². The summed E-state index contributed by atoms with van der Waals surface area (Å²) in [5, 5.41) is 3.05. The van der Waals surface area contributed by atoms with Crippen LogP contribution in [0.3, 0.4) is 0 Å². The number of hydrogen-bond acceptors (Lipinski definition) is 4. The monoisotopic (exact) mass is 387 g/mol. The average Bonchev–Trinajstić information content (AvgIpc) is 3.61. The molecule has 1 aromatic heterocycles. The van der Waals surface area contributed by atoms with Crippen molar-refractivity contribution in [3.05, 3.63) is 23.5 Å². The van der Waals surface area contributed by atoms with E-state index in [9.17, 15) is 9.59 Å². The summed E-state index contributed by atoms with van der Waals surface area (Å²) < 4.78 is 5.98. The Bertz CT molecular complexity index is 698. The van der Waals surface area contributed by atoms with Gasteiger partial charge in [-0.3, -0.25) is 9.59 Å². The molecule has 0 bridgehead atoms. The van der Waals surface area contributed by atoms with Crippen LogP contribution >= 0.6 is 0 Å². The van der Waals surface area contributed by atoms with Gasteiger partial charge in [-0.2, -0.15) is 0 Å². The highest BCUT2D eigenvalue weighted by molar-refractivity contribution is 5.95. The second-order valence-electron chi connectivity index (χ2n) is 8.17. The van der Waals surface area contributed by atoms with E-state index in [4.69, 9.17) is 4.74 Å². The van der Waals surface area contributed by atoms with Crippen molar-refractivity contribution < 1.29 is 14.3 Å². The van der Waals surface area contributed by atoms with Gasteiger partial charge in [0.15, 0.2) is 11.4 Å². The van der Waals surface area contributed by atoms with E-state index in [2.05, 4.69) is 10.3 Å². The Labute approximate surface area is 168 Å². The van der Waals surface area contributed by atoms with Gasteiger partial charge in [-0.15, -0.1) is 0 Å². The van der Waals surface area contributed by atoms with E-state index < -0.39 is 0 Å². The summed E-state index contributed by atoms with van der Waals surface area (Å²) in [5.41, 5.74) is 1.53. The third kappa shape index (κ3) is 5.69. The smallest absolute Gasteiger partial charge is 0.273 e. The molecule has 2 saturated carbocycles. The molecule has 154 valence electrons. The van der Waals surface area contributed by atoms with Crippen LogP contribution in [0.2, 0.25) is 0 Å². The molecule has 0 aliphatic heterocycles. The minimum absolute atomic E-state index is 0.0529. The molecule has 0 saturated heterocycles. The number of ether oxygens (including phenoxy) is 1. The zero-order valence-corrected chi connectivity index (χ0v) is 17.4. The fourth-order valence-electron chi connectivity index (χ4n) is 3.17. The summed E-state index contributed by atoms with van der Waals surface area (Å²) in [6.45, 7) is 5.33. The maximum absolute atomic E-state index is 12.9. The van der Waals surface area contributed by atoms with Gasteiger partial charge >= 0.3 is 0 Å². The van der Waals surface area contributed by atoms with Crippen molar-refractivity contribution in [3.8, 4) is 5.75 Å². The maximum Gasteiger partial charge on any atom is 0.273 e. The van der Waals surface area contributed by atoms with Crippen molar-refractivity contribution in [1.82, 2.24) is 15.2 Å². The number of carbonyl (C=O) groups is 2. The lowest BCUT2D eigenvalue weighted by atomic mass is 10.1. The SMILES string of the molecule is CCC(CCC(=O)N(C)CC)NC(=O)c1ncc(C2CC2)cc1OCC1CC1. The molecule has 6 nitrogen and oxygen atoms in total. The summed E-state index contributed by atoms with van der Waals surface area (Å²) in [7, 11) is 1.80. The molecule has 0 aromatic carbocycles. The maximum atomic E-state index is 12.9. The highest BCUT2D eigenvalue weighted by Crippen LogP contribution is 2.41. The lowest BCUT2D eigenvalue weighted by molar-refractivity contribution is -0.129. The van der Waals surface area contributed by atoms with Gasteiger partial charge in [-0.05, 0) is 68.9 Å². The molecule has 1 N–H and O–H groups in total. The summed E-state index contributed by atoms with van der Waals surface area (Å²) >= 11 is 0. The van der Waals surface area contributed by atoms with Crippen LogP contribution in [0.25, 0.3) is 0 Å². The van der Waals surface area contributed by atoms with Crippen LogP contribution in [-0.4, -0.2) is 47.9 Å². The van der Waals surface area contributed by atoms with E-state index in [1.165, 1.54) is 31.2 Å². The molecule has 2 amide bonds. The minimum atomic E-state index is -0.212. The second kappa shape index (κ2) is 9.39. The largest absolute Gasteiger partial charge is 0.491 e. The van der Waals surface area contributed by atoms with Gasteiger partial charge in [-0.25, -0.2) is 4.98 Å². The zero-order valence-electron chi connectivity index (χ0n) is 17.4. The first-order chi connectivity index (χ1) is 13.5. The highest BCUT2D eigenvalue weighted by atomic mass is 16.5. The molecular weight excluding hydrogens is 354 g/mol. The van der Waals surface area contributed by atoms with Crippen molar-refractivity contribution in [2.24, 2.45) is 5.92 Å². The molecule has 0 radical (unpaired) electrons. The van der Waals surface area contributed by atoms with Crippen LogP contribution in [-0.2, 0) is 4.79 Å². The van der Waals surface area contributed by atoms with Crippen LogP contribution in [0.15, 0.2) is 12.3 Å². The van der Waals surface area contributed by atoms with E-state index in [1.54, 1.807) is 11.9 Å². The van der Waals surface area contributed by atoms with E-state index in [-0.39, 0.29) is 17.9 Å². The fraction of sp³-hybridized carbons (Fsp3) is 0.682. The molecule has 28 heavy (non-hydrogen) atoms. The standard InChI is InChI=1S/C22H33N3O3/c1-4-18(10-11-20(26)25(3)5-2)24-22(27)21-19(28-14-15-6-7-15)12-17(13-23-21)16-8-9-16/h12-13,15-16,18H,4-11,14H2,1-3H3,(H,24,27). The van der Waals surface area contributed by atoms with E-state index in [0.717, 1.165) is 6.42 Å². The van der Waals surface area contributed by atoms with Gasteiger partial charge in [0.2, 0.25) is 5.91 Å². The topological polar surface area (TPSA) is 71.5 Å². The quantitative estimate of drug-likeness (QED) is 0.631. The molecule has 1 atom stereocenters. The minimum Gasteiger partial charge on any atom is -0.491 e. The number of rotatable bonds is 11. The number of amides is 2. The first-order valence-corrected chi connectivity index (χ1v) is 10.7. The zero-order chi connectivity index (χ0) is 20.1. The third-order valence-corrected chi connectivity index (χ3v) is 5.74. The van der Waals surface area contributed by atoms with Gasteiger partial charge in [0.05, 0.1) is 6.61 Å². The normalized spacial score (nSPS) is 17.1. The second-order valence-corrected chi connectivity index (χ2v) is 8.17. The van der Waals surface area contributed by atoms with Crippen molar-refractivity contribution in [1.29, 1.82) is 0 Å². The first-order valence-electron chi connectivity index (χ1n) is 10.7. The number of carbonyl (C=O) groups excluding carboxylic acids is 2. The van der Waals surface area contributed by atoms with Crippen molar-refractivity contribution >= 4 is 11.8 Å². The Kier molecular flexibility index (Phi) is 6.92. The number of hydrogen-bond donors (Lipinski definition) is 1. The lowest BCUT2D eigenvalue weighted by Crippen LogP contribution is -2.36. The number of pyridine rings is 1. The van der Waals surface area contributed by atoms with Crippen LogP contribution in [0.4, 0.5) is 0 Å². The Morgan fingerprint density at radius 1 is 1.29 bits per heavy atom. The van der Waals surface area contributed by atoms with Gasteiger partial charge in [0.25, 0.3) is 5.91 Å². The Hall–Kier alpha value is -2.11. The predicted molar refractivity (Wildman–Crippen MR) is 109 cm³/mol. The Balaban J connectivity index is 1.63. The molecule has 6 heteroatoms. The van der Waals surface area contributed by atoms with Crippen molar-refractivity contribution in [2.45, 2.75) is 70.8 Å². The fourth-order valence-corrected chi connectivity index (χ4v) is 3.17. The molecule has 1 heterocycles. The highest BCUT2D eigenvalue weighted by Gasteiger charge is 2.28. The number of nitrogens with one attached hydrogen (secondary N) is 1. The van der Waals surface area contributed by atoms with Crippen LogP contribution in [0.1, 0.15) is 80.8 Å². The molecule has 2 fully saturated rings. The van der Waals surface area contributed by atoms with Gasteiger partial charge < -0.3 is 15.0 Å². The molecule has 0 spiro atoms. The molecule has 3 rings (SSSR count). The number of nitrogens with zero attached hydrogens (tertiary/aromatic N) is 2. The Morgan fingerprint density at radius 2 is 2.04 bits per heavy atom. The van der Waals surface area contributed by atoms with E-state index in [0.29, 0.717) is 49.3 Å². The molecule has 2 aliphatic carbocycles. The van der Waals surface area contributed by atoms with E-state index >= 15 is 0 Å². The summed E-state index contributed by atoms with van der Waals surface area (Å²) in [6, 6.07) is 1.95. The third-order valence-electron chi connectivity index (χ3n) is 5.74. The first kappa shape index (κ1) is 20.6. The van der Waals surface area contributed by atoms with Gasteiger partial charge in [0.1, 0.15) is 0 Å². The molecule has 1 aromatic rings. The number of aromatic nitrogens is 1. The van der Waals surface area contributed by atoms with Crippen LogP contribution < -0.4 is 10.1 Å². The average molecular weight is 388 g/mol. The molecule has 1 unspecified atom stereocenters. The Morgan fingerprint density at radius 3 is 2.64 bits per heavy atom.